The van der Waals surface area contributed by atoms with Crippen LogP contribution in [-0.4, -0.2) is 18.1 Å². The van der Waals surface area contributed by atoms with Crippen LogP contribution in [0.1, 0.15) is 26.3 Å². The van der Waals surface area contributed by atoms with Crippen LogP contribution >= 0.6 is 11.6 Å². The molecular weight excluding hydrogens is 334 g/mol. The summed E-state index contributed by atoms with van der Waals surface area (Å²) in [6, 6.07) is 23.0. The Labute approximate surface area is 151 Å². The highest BCUT2D eigenvalue weighted by Gasteiger charge is 2.14. The molecule has 0 saturated heterocycles. The first-order valence-corrected chi connectivity index (χ1v) is 8.24. The SMILES string of the molecule is O=C(CNc1ccccc1C(=O)c1ccccc1)c1ccc(Cl)cc1. The van der Waals surface area contributed by atoms with Gasteiger partial charge in [-0.05, 0) is 36.4 Å². The Bertz CT molecular complexity index is 889. The van der Waals surface area contributed by atoms with Crippen LogP contribution in [0.2, 0.25) is 5.02 Å². The summed E-state index contributed by atoms with van der Waals surface area (Å²) in [7, 11) is 0. The Hall–Kier alpha value is -2.91. The van der Waals surface area contributed by atoms with Gasteiger partial charge in [0, 0.05) is 27.4 Å². The van der Waals surface area contributed by atoms with E-state index in [4.69, 9.17) is 11.6 Å². The number of carbonyl (C=O) groups excluding carboxylic acids is 2. The molecule has 3 nitrogen and oxygen atoms in total. The Morgan fingerprint density at radius 2 is 1.40 bits per heavy atom. The molecule has 124 valence electrons. The molecule has 0 bridgehead atoms. The number of carbonyl (C=O) groups is 2. The lowest BCUT2D eigenvalue weighted by atomic mass is 10.0. The van der Waals surface area contributed by atoms with Crippen LogP contribution in [-0.2, 0) is 0 Å². The molecule has 0 aliphatic rings. The molecule has 1 N–H and O–H groups in total. The smallest absolute Gasteiger partial charge is 0.195 e. The van der Waals surface area contributed by atoms with Gasteiger partial charge in [-0.25, -0.2) is 0 Å². The van der Waals surface area contributed by atoms with Crippen LogP contribution < -0.4 is 5.32 Å². The van der Waals surface area contributed by atoms with Gasteiger partial charge in [0.2, 0.25) is 0 Å². The van der Waals surface area contributed by atoms with E-state index in [1.807, 2.05) is 30.3 Å². The van der Waals surface area contributed by atoms with Gasteiger partial charge in [0.1, 0.15) is 0 Å². The van der Waals surface area contributed by atoms with E-state index in [1.54, 1.807) is 48.5 Å². The fraction of sp³-hybridized carbons (Fsp3) is 0.0476. The monoisotopic (exact) mass is 349 g/mol. The number of Topliss-reactive ketones (excluding diaryl/α,β-unsaturated/α-hetero) is 1. The molecule has 4 heteroatoms. The Kier molecular flexibility index (Phi) is 5.26. The molecule has 3 aromatic carbocycles. The number of anilines is 1. The van der Waals surface area contributed by atoms with Crippen LogP contribution in [0.15, 0.2) is 78.9 Å². The van der Waals surface area contributed by atoms with Gasteiger partial charge in [-0.15, -0.1) is 0 Å². The topological polar surface area (TPSA) is 46.2 Å². The second-order valence-corrected chi connectivity index (χ2v) is 5.96. The summed E-state index contributed by atoms with van der Waals surface area (Å²) in [6.45, 7) is 0.0979. The highest BCUT2D eigenvalue weighted by atomic mass is 35.5. The molecule has 0 atom stereocenters. The Balaban J connectivity index is 1.76. The van der Waals surface area contributed by atoms with Crippen LogP contribution in [0.5, 0.6) is 0 Å². The molecule has 0 fully saturated rings. The molecule has 0 aromatic heterocycles. The number of benzene rings is 3. The second-order valence-electron chi connectivity index (χ2n) is 5.52. The van der Waals surface area contributed by atoms with Gasteiger partial charge in [-0.2, -0.15) is 0 Å². The lowest BCUT2D eigenvalue weighted by molar-refractivity contribution is 0.100. The number of hydrogen-bond acceptors (Lipinski definition) is 3. The van der Waals surface area contributed by atoms with Gasteiger partial charge < -0.3 is 5.32 Å². The molecule has 0 unspecified atom stereocenters. The molecular formula is C21H16ClNO2. The van der Waals surface area contributed by atoms with Crippen molar-refractivity contribution in [3.8, 4) is 0 Å². The van der Waals surface area contributed by atoms with Crippen molar-refractivity contribution in [2.45, 2.75) is 0 Å². The van der Waals surface area contributed by atoms with Crippen LogP contribution in [0.3, 0.4) is 0 Å². The number of halogens is 1. The molecule has 0 amide bonds. The summed E-state index contributed by atoms with van der Waals surface area (Å²) in [5, 5.41) is 3.66. The summed E-state index contributed by atoms with van der Waals surface area (Å²) in [4.78, 5) is 25.0. The predicted octanol–water partition coefficient (Wildman–Crippen LogP) is 4.87. The van der Waals surface area contributed by atoms with E-state index in [0.29, 0.717) is 27.4 Å². The highest BCUT2D eigenvalue weighted by Crippen LogP contribution is 2.19. The first kappa shape index (κ1) is 16.9. The van der Waals surface area contributed by atoms with E-state index in [2.05, 4.69) is 5.32 Å². The second kappa shape index (κ2) is 7.77. The maximum absolute atomic E-state index is 12.7. The van der Waals surface area contributed by atoms with Crippen molar-refractivity contribution in [1.29, 1.82) is 0 Å². The maximum Gasteiger partial charge on any atom is 0.195 e. The van der Waals surface area contributed by atoms with E-state index in [-0.39, 0.29) is 18.1 Å². The standard InChI is InChI=1S/C21H16ClNO2/c22-17-12-10-15(11-13-17)20(24)14-23-19-9-5-4-8-18(19)21(25)16-6-2-1-3-7-16/h1-13,23H,14H2. The maximum atomic E-state index is 12.7. The molecule has 0 spiro atoms. The highest BCUT2D eigenvalue weighted by molar-refractivity contribution is 6.30. The number of para-hydroxylation sites is 1. The summed E-state index contributed by atoms with van der Waals surface area (Å²) in [6.07, 6.45) is 0. The number of nitrogens with one attached hydrogen (secondary N) is 1. The lowest BCUT2D eigenvalue weighted by Crippen LogP contribution is -2.16. The van der Waals surface area contributed by atoms with Gasteiger partial charge in [-0.1, -0.05) is 54.1 Å². The average Bonchev–Trinajstić information content (AvgIpc) is 2.67. The van der Waals surface area contributed by atoms with Crippen LogP contribution in [0.4, 0.5) is 5.69 Å². The van der Waals surface area contributed by atoms with Crippen molar-refractivity contribution in [2.24, 2.45) is 0 Å². The van der Waals surface area contributed by atoms with Gasteiger partial charge in [-0.3, -0.25) is 9.59 Å². The third-order valence-electron chi connectivity index (χ3n) is 3.81. The van der Waals surface area contributed by atoms with Crippen molar-refractivity contribution in [3.63, 3.8) is 0 Å². The molecule has 0 heterocycles. The van der Waals surface area contributed by atoms with E-state index >= 15 is 0 Å². The Morgan fingerprint density at radius 3 is 2.12 bits per heavy atom. The minimum Gasteiger partial charge on any atom is -0.377 e. The van der Waals surface area contributed by atoms with E-state index in [1.165, 1.54) is 0 Å². The van der Waals surface area contributed by atoms with Crippen molar-refractivity contribution in [3.05, 3.63) is 101 Å². The van der Waals surface area contributed by atoms with E-state index < -0.39 is 0 Å². The molecule has 25 heavy (non-hydrogen) atoms. The van der Waals surface area contributed by atoms with Crippen LogP contribution in [0, 0.1) is 0 Å². The fourth-order valence-electron chi connectivity index (χ4n) is 2.49. The van der Waals surface area contributed by atoms with Crippen molar-refractivity contribution in [2.75, 3.05) is 11.9 Å². The van der Waals surface area contributed by atoms with Crippen molar-refractivity contribution in [1.82, 2.24) is 0 Å². The third kappa shape index (κ3) is 4.14. The largest absolute Gasteiger partial charge is 0.377 e. The van der Waals surface area contributed by atoms with Crippen LogP contribution in [0.25, 0.3) is 0 Å². The number of rotatable bonds is 6. The van der Waals surface area contributed by atoms with Gasteiger partial charge in [0.15, 0.2) is 11.6 Å². The summed E-state index contributed by atoms with van der Waals surface area (Å²) >= 11 is 5.84. The summed E-state index contributed by atoms with van der Waals surface area (Å²) < 4.78 is 0. The Morgan fingerprint density at radius 1 is 0.760 bits per heavy atom. The zero-order chi connectivity index (χ0) is 17.6. The van der Waals surface area contributed by atoms with E-state index in [0.717, 1.165) is 0 Å². The lowest BCUT2D eigenvalue weighted by Gasteiger charge is -2.11. The molecule has 3 aromatic rings. The molecule has 0 aliphatic heterocycles. The van der Waals surface area contributed by atoms with E-state index in [9.17, 15) is 9.59 Å². The number of hydrogen-bond donors (Lipinski definition) is 1. The molecule has 0 aliphatic carbocycles. The number of ketones is 2. The quantitative estimate of drug-likeness (QED) is 0.646. The molecule has 3 rings (SSSR count). The van der Waals surface area contributed by atoms with Gasteiger partial charge in [0.05, 0.1) is 6.54 Å². The molecule has 0 saturated carbocycles. The fourth-order valence-corrected chi connectivity index (χ4v) is 2.62. The van der Waals surface area contributed by atoms with Crippen molar-refractivity contribution < 1.29 is 9.59 Å². The summed E-state index contributed by atoms with van der Waals surface area (Å²) in [5.41, 5.74) is 2.36. The first-order valence-electron chi connectivity index (χ1n) is 7.86. The molecule has 0 radical (unpaired) electrons. The zero-order valence-electron chi connectivity index (χ0n) is 13.4. The van der Waals surface area contributed by atoms with Gasteiger partial charge >= 0.3 is 0 Å². The van der Waals surface area contributed by atoms with Crippen molar-refractivity contribution >= 4 is 28.9 Å². The predicted molar refractivity (Wildman–Crippen MR) is 101 cm³/mol. The third-order valence-corrected chi connectivity index (χ3v) is 4.07. The van der Waals surface area contributed by atoms with Gasteiger partial charge in [0.25, 0.3) is 0 Å². The minimum absolute atomic E-state index is 0.0707. The average molecular weight is 350 g/mol. The first-order chi connectivity index (χ1) is 12.1. The minimum atomic E-state index is -0.0809. The summed E-state index contributed by atoms with van der Waals surface area (Å²) in [5.74, 6) is -0.152. The normalized spacial score (nSPS) is 10.3. The zero-order valence-corrected chi connectivity index (χ0v) is 14.2.